The summed E-state index contributed by atoms with van der Waals surface area (Å²) < 4.78 is 38.2. The lowest BCUT2D eigenvalue weighted by atomic mass is 10.4. The maximum atomic E-state index is 12.3. The van der Waals surface area contributed by atoms with Crippen LogP contribution in [0.1, 0.15) is 17.9 Å². The number of halogens is 3. The van der Waals surface area contributed by atoms with Gasteiger partial charge in [0.1, 0.15) is 0 Å². The van der Waals surface area contributed by atoms with Gasteiger partial charge in [-0.15, -0.1) is 5.10 Å². The Morgan fingerprint density at radius 3 is 2.76 bits per heavy atom. The molecule has 114 valence electrons. The average Bonchev–Trinajstić information content (AvgIpc) is 2.95. The van der Waals surface area contributed by atoms with Gasteiger partial charge in [0, 0.05) is 24.0 Å². The molecule has 1 amide bonds. The molecule has 2 rings (SSSR count). The molecule has 0 saturated heterocycles. The van der Waals surface area contributed by atoms with Crippen LogP contribution in [0.15, 0.2) is 10.2 Å². The number of aryl methyl sites for hydroxylation is 1. The molecular weight excluding hydrogens is 311 g/mol. The molecule has 21 heavy (non-hydrogen) atoms. The molecule has 0 aromatic carbocycles. The van der Waals surface area contributed by atoms with Crippen LogP contribution in [0.2, 0.25) is 0 Å². The highest BCUT2D eigenvalue weighted by molar-refractivity contribution is 7.07. The number of aromatic nitrogens is 4. The van der Waals surface area contributed by atoms with E-state index in [1.54, 1.807) is 17.4 Å². The first-order valence-electron chi connectivity index (χ1n) is 5.72. The highest BCUT2D eigenvalue weighted by Crippen LogP contribution is 2.26. The average molecular weight is 321 g/mol. The van der Waals surface area contributed by atoms with Crippen LogP contribution >= 0.6 is 11.3 Å². The van der Waals surface area contributed by atoms with E-state index in [2.05, 4.69) is 15.4 Å². The number of alkyl halides is 3. The van der Waals surface area contributed by atoms with Crippen molar-refractivity contribution in [1.82, 2.24) is 19.7 Å². The normalized spacial score (nSPS) is 11.6. The molecule has 0 aliphatic rings. The number of rotatable bonds is 4. The summed E-state index contributed by atoms with van der Waals surface area (Å²) in [5.41, 5.74) is 0.718. The summed E-state index contributed by atoms with van der Waals surface area (Å²) in [6.45, 7) is 1.86. The first-order valence-corrected chi connectivity index (χ1v) is 6.59. The SMILES string of the molecule is Cc1csc(=O)n1CCC(=O)Nc1n[nH]c(C(F)(F)F)n1. The van der Waals surface area contributed by atoms with E-state index in [1.165, 1.54) is 4.57 Å². The van der Waals surface area contributed by atoms with Crippen LogP contribution in [-0.2, 0) is 17.5 Å². The first-order chi connectivity index (χ1) is 9.77. The summed E-state index contributed by atoms with van der Waals surface area (Å²) in [6, 6.07) is 0. The minimum absolute atomic E-state index is 0.0760. The Morgan fingerprint density at radius 1 is 1.52 bits per heavy atom. The molecule has 0 spiro atoms. The maximum absolute atomic E-state index is 12.3. The van der Waals surface area contributed by atoms with Crippen molar-refractivity contribution in [3.05, 3.63) is 26.6 Å². The van der Waals surface area contributed by atoms with Gasteiger partial charge in [-0.1, -0.05) is 11.3 Å². The second-order valence-corrected chi connectivity index (χ2v) is 4.92. The van der Waals surface area contributed by atoms with Crippen LogP contribution in [0.5, 0.6) is 0 Å². The van der Waals surface area contributed by atoms with Gasteiger partial charge < -0.3 is 4.57 Å². The number of nitrogens with one attached hydrogen (secondary N) is 2. The molecule has 2 aromatic rings. The topological polar surface area (TPSA) is 92.7 Å². The standard InChI is InChI=1S/C10H10F3N5O2S/c1-5-4-21-9(20)18(5)3-2-6(19)14-8-15-7(16-17-8)10(11,12)13/h4H,2-3H2,1H3,(H2,14,15,16,17,19). The predicted octanol–water partition coefficient (Wildman–Crippen LogP) is 1.38. The Morgan fingerprint density at radius 2 is 2.24 bits per heavy atom. The summed E-state index contributed by atoms with van der Waals surface area (Å²) in [6.07, 6.45) is -4.73. The monoisotopic (exact) mass is 321 g/mol. The van der Waals surface area contributed by atoms with Crippen LogP contribution in [-0.4, -0.2) is 25.7 Å². The van der Waals surface area contributed by atoms with E-state index in [0.717, 1.165) is 17.0 Å². The van der Waals surface area contributed by atoms with Crippen molar-refractivity contribution < 1.29 is 18.0 Å². The van der Waals surface area contributed by atoms with E-state index in [0.29, 0.717) is 0 Å². The van der Waals surface area contributed by atoms with Gasteiger partial charge in [-0.3, -0.25) is 20.0 Å². The fourth-order valence-electron chi connectivity index (χ4n) is 1.52. The maximum Gasteiger partial charge on any atom is 0.451 e. The molecule has 0 aliphatic carbocycles. The molecule has 7 nitrogen and oxygen atoms in total. The van der Waals surface area contributed by atoms with Gasteiger partial charge in [0.2, 0.25) is 17.7 Å². The number of amides is 1. The summed E-state index contributed by atoms with van der Waals surface area (Å²) >= 11 is 1.01. The van der Waals surface area contributed by atoms with E-state index >= 15 is 0 Å². The summed E-state index contributed by atoms with van der Waals surface area (Å²) in [5.74, 6) is -2.33. The molecule has 2 N–H and O–H groups in total. The van der Waals surface area contributed by atoms with Crippen molar-refractivity contribution in [3.8, 4) is 0 Å². The van der Waals surface area contributed by atoms with Gasteiger partial charge in [0.15, 0.2) is 0 Å². The van der Waals surface area contributed by atoms with E-state index in [9.17, 15) is 22.8 Å². The summed E-state index contributed by atoms with van der Waals surface area (Å²) in [7, 11) is 0. The molecule has 11 heteroatoms. The lowest BCUT2D eigenvalue weighted by Crippen LogP contribution is -2.20. The third kappa shape index (κ3) is 3.68. The van der Waals surface area contributed by atoms with Gasteiger partial charge in [-0.2, -0.15) is 18.2 Å². The second kappa shape index (κ2) is 5.68. The van der Waals surface area contributed by atoms with Crippen molar-refractivity contribution in [3.63, 3.8) is 0 Å². The van der Waals surface area contributed by atoms with Crippen LogP contribution in [0, 0.1) is 6.92 Å². The fraction of sp³-hybridized carbons (Fsp3) is 0.400. The minimum atomic E-state index is -4.66. The van der Waals surface area contributed by atoms with Crippen molar-refractivity contribution in [2.24, 2.45) is 0 Å². The molecule has 0 atom stereocenters. The Hall–Kier alpha value is -2.17. The van der Waals surface area contributed by atoms with Crippen LogP contribution in [0.4, 0.5) is 19.1 Å². The highest BCUT2D eigenvalue weighted by Gasteiger charge is 2.35. The van der Waals surface area contributed by atoms with Gasteiger partial charge in [-0.05, 0) is 6.92 Å². The Balaban J connectivity index is 1.93. The molecule has 2 aromatic heterocycles. The summed E-state index contributed by atoms with van der Waals surface area (Å²) in [5, 5.41) is 8.72. The lowest BCUT2D eigenvalue weighted by molar-refractivity contribution is -0.144. The highest BCUT2D eigenvalue weighted by atomic mass is 32.1. The first kappa shape index (κ1) is 15.2. The van der Waals surface area contributed by atoms with Gasteiger partial charge in [-0.25, -0.2) is 0 Å². The molecular formula is C10H10F3N5O2S. The molecule has 0 fully saturated rings. The minimum Gasteiger partial charge on any atom is -0.303 e. The fourth-order valence-corrected chi connectivity index (χ4v) is 2.28. The third-order valence-electron chi connectivity index (χ3n) is 2.54. The molecule has 0 unspecified atom stereocenters. The van der Waals surface area contributed by atoms with Gasteiger partial charge in [0.25, 0.3) is 0 Å². The zero-order chi connectivity index (χ0) is 15.6. The largest absolute Gasteiger partial charge is 0.451 e. The number of carbonyl (C=O) groups is 1. The molecule has 0 saturated carbocycles. The number of nitrogens with zero attached hydrogens (tertiary/aromatic N) is 3. The van der Waals surface area contributed by atoms with E-state index in [1.807, 2.05) is 0 Å². The van der Waals surface area contributed by atoms with Crippen molar-refractivity contribution >= 4 is 23.2 Å². The third-order valence-corrected chi connectivity index (χ3v) is 3.43. The van der Waals surface area contributed by atoms with Crippen LogP contribution in [0.3, 0.4) is 0 Å². The zero-order valence-corrected chi connectivity index (χ0v) is 11.5. The number of hydrogen-bond acceptors (Lipinski definition) is 5. The number of thiazole rings is 1. The Kier molecular flexibility index (Phi) is 4.11. The van der Waals surface area contributed by atoms with Gasteiger partial charge >= 0.3 is 11.0 Å². The number of aromatic amines is 1. The second-order valence-electron chi connectivity index (χ2n) is 4.10. The quantitative estimate of drug-likeness (QED) is 0.890. The number of carbonyl (C=O) groups excluding carboxylic acids is 1. The van der Waals surface area contributed by atoms with E-state index in [-0.39, 0.29) is 17.8 Å². The number of H-pyrrole nitrogens is 1. The van der Waals surface area contributed by atoms with Crippen molar-refractivity contribution in [1.29, 1.82) is 0 Å². The smallest absolute Gasteiger partial charge is 0.303 e. The Labute approximate surface area is 119 Å². The number of hydrogen-bond donors (Lipinski definition) is 2. The zero-order valence-electron chi connectivity index (χ0n) is 10.7. The molecule has 2 heterocycles. The van der Waals surface area contributed by atoms with Crippen LogP contribution in [0.25, 0.3) is 0 Å². The molecule has 0 aliphatic heterocycles. The number of anilines is 1. The molecule has 0 bridgehead atoms. The van der Waals surface area contributed by atoms with E-state index < -0.39 is 23.9 Å². The molecule has 0 radical (unpaired) electrons. The van der Waals surface area contributed by atoms with E-state index in [4.69, 9.17) is 0 Å². The van der Waals surface area contributed by atoms with Crippen LogP contribution < -0.4 is 10.2 Å². The summed E-state index contributed by atoms with van der Waals surface area (Å²) in [4.78, 5) is 25.9. The lowest BCUT2D eigenvalue weighted by Gasteiger charge is -2.04. The van der Waals surface area contributed by atoms with Gasteiger partial charge in [0.05, 0.1) is 0 Å². The Bertz CT molecular complexity index is 702. The van der Waals surface area contributed by atoms with Crippen molar-refractivity contribution in [2.75, 3.05) is 5.32 Å². The predicted molar refractivity (Wildman–Crippen MR) is 67.9 cm³/mol. The van der Waals surface area contributed by atoms with Crippen molar-refractivity contribution in [2.45, 2.75) is 26.1 Å².